The molecular formula is C20H10ClF3O. The van der Waals surface area contributed by atoms with Crippen LogP contribution < -0.4 is 0 Å². The van der Waals surface area contributed by atoms with E-state index in [4.69, 9.17) is 11.6 Å². The van der Waals surface area contributed by atoms with Crippen molar-refractivity contribution in [2.45, 2.75) is 6.18 Å². The summed E-state index contributed by atoms with van der Waals surface area (Å²) in [4.78, 5) is 12.8. The van der Waals surface area contributed by atoms with E-state index in [9.17, 15) is 18.0 Å². The molecule has 124 valence electrons. The smallest absolute Gasteiger partial charge is 0.289 e. The number of hydrogen-bond donors (Lipinski definition) is 0. The molecule has 0 amide bonds. The molecule has 3 aromatic rings. The molecule has 0 spiro atoms. The van der Waals surface area contributed by atoms with Crippen LogP contribution in [0.25, 0.3) is 22.3 Å². The molecule has 0 atom stereocenters. The highest BCUT2D eigenvalue weighted by molar-refractivity contribution is 6.31. The van der Waals surface area contributed by atoms with Crippen LogP contribution in [0.2, 0.25) is 5.02 Å². The number of carbonyl (C=O) groups excluding carboxylic acids is 1. The molecule has 0 heterocycles. The third kappa shape index (κ3) is 2.45. The van der Waals surface area contributed by atoms with Crippen molar-refractivity contribution in [1.82, 2.24) is 0 Å². The third-order valence-corrected chi connectivity index (χ3v) is 4.57. The fraction of sp³-hybridized carbons (Fsp3) is 0.0500. The van der Waals surface area contributed by atoms with Gasteiger partial charge in [-0.05, 0) is 34.4 Å². The number of hydrogen-bond acceptors (Lipinski definition) is 1. The highest BCUT2D eigenvalue weighted by Crippen LogP contribution is 2.45. The lowest BCUT2D eigenvalue weighted by Gasteiger charge is -2.15. The molecule has 0 saturated heterocycles. The van der Waals surface area contributed by atoms with Gasteiger partial charge in [-0.2, -0.15) is 13.2 Å². The van der Waals surface area contributed by atoms with E-state index in [1.165, 1.54) is 12.1 Å². The molecule has 4 rings (SSSR count). The van der Waals surface area contributed by atoms with Crippen molar-refractivity contribution in [2.24, 2.45) is 0 Å². The van der Waals surface area contributed by atoms with E-state index in [1.54, 1.807) is 42.5 Å². The van der Waals surface area contributed by atoms with Crippen LogP contribution in [0.3, 0.4) is 0 Å². The van der Waals surface area contributed by atoms with Gasteiger partial charge < -0.3 is 0 Å². The molecular weight excluding hydrogens is 349 g/mol. The Bertz CT molecular complexity index is 1020. The number of alkyl halides is 3. The van der Waals surface area contributed by atoms with Gasteiger partial charge in [-0.15, -0.1) is 0 Å². The molecule has 0 aliphatic heterocycles. The van der Waals surface area contributed by atoms with E-state index in [1.807, 2.05) is 0 Å². The third-order valence-electron chi connectivity index (χ3n) is 4.33. The maximum Gasteiger partial charge on any atom is 0.417 e. The lowest BCUT2D eigenvalue weighted by molar-refractivity contribution is -0.137. The highest BCUT2D eigenvalue weighted by atomic mass is 35.5. The van der Waals surface area contributed by atoms with Gasteiger partial charge in [0.1, 0.15) is 0 Å². The monoisotopic (exact) mass is 358 g/mol. The molecule has 1 nitrogen and oxygen atoms in total. The first kappa shape index (κ1) is 15.9. The van der Waals surface area contributed by atoms with Gasteiger partial charge in [-0.25, -0.2) is 0 Å². The first-order chi connectivity index (χ1) is 11.9. The molecule has 5 heteroatoms. The number of halogens is 4. The van der Waals surface area contributed by atoms with Crippen LogP contribution in [-0.2, 0) is 6.18 Å². The molecule has 1 aliphatic carbocycles. The van der Waals surface area contributed by atoms with Crippen LogP contribution in [0, 0.1) is 0 Å². The van der Waals surface area contributed by atoms with Gasteiger partial charge in [0.25, 0.3) is 0 Å². The van der Waals surface area contributed by atoms with Gasteiger partial charge in [0.15, 0.2) is 5.78 Å². The fourth-order valence-electron chi connectivity index (χ4n) is 3.28. The van der Waals surface area contributed by atoms with Crippen molar-refractivity contribution in [3.8, 4) is 22.3 Å². The van der Waals surface area contributed by atoms with Gasteiger partial charge in [0.05, 0.1) is 5.56 Å². The Kier molecular flexibility index (Phi) is 3.48. The maximum absolute atomic E-state index is 13.5. The van der Waals surface area contributed by atoms with E-state index in [0.717, 1.165) is 11.6 Å². The summed E-state index contributed by atoms with van der Waals surface area (Å²) in [6, 6.07) is 15.6. The zero-order valence-electron chi connectivity index (χ0n) is 12.7. The number of rotatable bonds is 1. The lowest BCUT2D eigenvalue weighted by Crippen LogP contribution is -2.08. The predicted octanol–water partition coefficient (Wildman–Crippen LogP) is 6.24. The average Bonchev–Trinajstić information content (AvgIpc) is 2.88. The summed E-state index contributed by atoms with van der Waals surface area (Å²) < 4.78 is 40.4. The van der Waals surface area contributed by atoms with Gasteiger partial charge in [-0.3, -0.25) is 4.79 Å². The Labute approximate surface area is 146 Å². The summed E-state index contributed by atoms with van der Waals surface area (Å²) in [5.41, 5.74) is 1.58. The van der Waals surface area contributed by atoms with Gasteiger partial charge in [0, 0.05) is 16.1 Å². The fourth-order valence-corrected chi connectivity index (χ4v) is 3.45. The Morgan fingerprint density at radius 1 is 0.720 bits per heavy atom. The number of ketones is 1. The molecule has 0 saturated carbocycles. The topological polar surface area (TPSA) is 17.1 Å². The van der Waals surface area contributed by atoms with Crippen molar-refractivity contribution in [3.63, 3.8) is 0 Å². The summed E-state index contributed by atoms with van der Waals surface area (Å²) in [7, 11) is 0. The van der Waals surface area contributed by atoms with Crippen LogP contribution >= 0.6 is 11.6 Å². The predicted molar refractivity (Wildman–Crippen MR) is 90.8 cm³/mol. The lowest BCUT2D eigenvalue weighted by atomic mass is 9.92. The van der Waals surface area contributed by atoms with Crippen molar-refractivity contribution in [1.29, 1.82) is 0 Å². The van der Waals surface area contributed by atoms with Crippen LogP contribution in [0.15, 0.2) is 60.7 Å². The molecule has 0 fully saturated rings. The second kappa shape index (κ2) is 5.46. The quantitative estimate of drug-likeness (QED) is 0.394. The van der Waals surface area contributed by atoms with Crippen molar-refractivity contribution >= 4 is 17.4 Å². The Balaban J connectivity index is 2.02. The molecule has 25 heavy (non-hydrogen) atoms. The van der Waals surface area contributed by atoms with Crippen LogP contribution in [0.1, 0.15) is 21.5 Å². The molecule has 0 N–H and O–H groups in total. The molecule has 0 radical (unpaired) electrons. The summed E-state index contributed by atoms with van der Waals surface area (Å²) in [5, 5.41) is -0.00161. The maximum atomic E-state index is 13.5. The minimum absolute atomic E-state index is 0.00161. The van der Waals surface area contributed by atoms with Crippen molar-refractivity contribution < 1.29 is 18.0 Å². The van der Waals surface area contributed by atoms with Gasteiger partial charge >= 0.3 is 6.18 Å². The molecule has 3 aromatic carbocycles. The average molecular weight is 359 g/mol. The molecule has 0 bridgehead atoms. The second-order valence-electron chi connectivity index (χ2n) is 5.79. The van der Waals surface area contributed by atoms with E-state index < -0.39 is 11.7 Å². The number of carbonyl (C=O) groups is 1. The minimum atomic E-state index is -4.57. The SMILES string of the molecule is O=C1c2ccccc2-c2cccc(-c3ccc(Cl)cc3C(F)(F)F)c21. The van der Waals surface area contributed by atoms with Crippen LogP contribution in [0.4, 0.5) is 13.2 Å². The highest BCUT2D eigenvalue weighted by Gasteiger charge is 2.36. The van der Waals surface area contributed by atoms with E-state index in [0.29, 0.717) is 16.7 Å². The van der Waals surface area contributed by atoms with Gasteiger partial charge in [0.2, 0.25) is 0 Å². The van der Waals surface area contributed by atoms with Gasteiger partial charge in [-0.1, -0.05) is 60.1 Å². The van der Waals surface area contributed by atoms with E-state index >= 15 is 0 Å². The van der Waals surface area contributed by atoms with E-state index in [-0.39, 0.29) is 21.9 Å². The summed E-state index contributed by atoms with van der Waals surface area (Å²) >= 11 is 5.76. The Morgan fingerprint density at radius 2 is 1.32 bits per heavy atom. The standard InChI is InChI=1S/C20H10ClF3O/c21-11-8-9-13(17(10-11)20(22,23)24)15-7-3-6-14-12-4-1-2-5-16(12)19(25)18(14)15/h1-10H. The summed E-state index contributed by atoms with van der Waals surface area (Å²) in [6.07, 6.45) is -4.57. The summed E-state index contributed by atoms with van der Waals surface area (Å²) in [5.74, 6) is -0.260. The zero-order chi connectivity index (χ0) is 17.8. The second-order valence-corrected chi connectivity index (χ2v) is 6.23. The molecule has 0 aromatic heterocycles. The first-order valence-electron chi connectivity index (χ1n) is 7.52. The molecule has 1 aliphatic rings. The normalized spacial score (nSPS) is 12.9. The first-order valence-corrected chi connectivity index (χ1v) is 7.90. The number of benzene rings is 3. The van der Waals surface area contributed by atoms with Crippen LogP contribution in [-0.4, -0.2) is 5.78 Å². The van der Waals surface area contributed by atoms with Crippen LogP contribution in [0.5, 0.6) is 0 Å². The Hall–Kier alpha value is -2.59. The largest absolute Gasteiger partial charge is 0.417 e. The Morgan fingerprint density at radius 3 is 2.00 bits per heavy atom. The zero-order valence-corrected chi connectivity index (χ0v) is 13.4. The number of fused-ring (bicyclic) bond motifs is 3. The van der Waals surface area contributed by atoms with Crippen molar-refractivity contribution in [2.75, 3.05) is 0 Å². The van der Waals surface area contributed by atoms with Crippen molar-refractivity contribution in [3.05, 3.63) is 82.4 Å². The minimum Gasteiger partial charge on any atom is -0.289 e. The van der Waals surface area contributed by atoms with E-state index in [2.05, 4.69) is 0 Å². The summed E-state index contributed by atoms with van der Waals surface area (Å²) in [6.45, 7) is 0. The molecule has 0 unspecified atom stereocenters.